The summed E-state index contributed by atoms with van der Waals surface area (Å²) < 4.78 is 0. The van der Waals surface area contributed by atoms with E-state index in [-0.39, 0.29) is 5.69 Å². The van der Waals surface area contributed by atoms with Crippen LogP contribution in [0, 0.1) is 4.91 Å². The van der Waals surface area contributed by atoms with Gasteiger partial charge in [0.25, 0.3) is 5.88 Å². The Morgan fingerprint density at radius 3 is 2.64 bits per heavy atom. The Labute approximate surface area is 78.6 Å². The molecular formula is C9H6N2O3. The molecule has 0 spiro atoms. The number of aromatic nitrogens is 1. The van der Waals surface area contributed by atoms with E-state index < -0.39 is 11.6 Å². The molecule has 0 unspecified atom stereocenters. The topological polar surface area (TPSA) is 82.8 Å². The second kappa shape index (κ2) is 2.95. The zero-order valence-electron chi connectivity index (χ0n) is 7.01. The lowest BCUT2D eigenvalue weighted by Gasteiger charge is -2.02. The maximum absolute atomic E-state index is 10.4. The summed E-state index contributed by atoms with van der Waals surface area (Å²) in [6.45, 7) is 0. The molecule has 0 amide bonds. The summed E-state index contributed by atoms with van der Waals surface area (Å²) in [7, 11) is 0. The van der Waals surface area contributed by atoms with Gasteiger partial charge in [0.05, 0.1) is 5.52 Å². The molecule has 1 heterocycles. The Kier molecular flexibility index (Phi) is 1.78. The molecule has 0 fully saturated rings. The van der Waals surface area contributed by atoms with Crippen LogP contribution in [0.25, 0.3) is 10.9 Å². The summed E-state index contributed by atoms with van der Waals surface area (Å²) in [5.41, 5.74) is 0.227. The van der Waals surface area contributed by atoms with Gasteiger partial charge in [-0.3, -0.25) is 0 Å². The third-order valence-corrected chi connectivity index (χ3v) is 1.91. The number of rotatable bonds is 1. The molecule has 5 nitrogen and oxygen atoms in total. The quantitative estimate of drug-likeness (QED) is 0.674. The highest BCUT2D eigenvalue weighted by Gasteiger charge is 2.13. The first-order valence-electron chi connectivity index (χ1n) is 3.88. The number of pyridine rings is 1. The molecule has 0 saturated heterocycles. The van der Waals surface area contributed by atoms with Crippen molar-refractivity contribution in [2.24, 2.45) is 5.18 Å². The molecule has 5 heteroatoms. The average Bonchev–Trinajstić information content (AvgIpc) is 2.20. The minimum atomic E-state index is -0.585. The molecule has 2 rings (SSSR count). The lowest BCUT2D eigenvalue weighted by Crippen LogP contribution is -1.81. The van der Waals surface area contributed by atoms with Crippen molar-refractivity contribution in [3.63, 3.8) is 0 Å². The van der Waals surface area contributed by atoms with Gasteiger partial charge >= 0.3 is 0 Å². The van der Waals surface area contributed by atoms with E-state index >= 15 is 0 Å². The van der Waals surface area contributed by atoms with Crippen LogP contribution in [0.5, 0.6) is 11.6 Å². The minimum absolute atomic E-state index is 0.187. The number of benzene rings is 1. The number of nitrogens with zero attached hydrogens (tertiary/aromatic N) is 2. The molecule has 2 N–H and O–H groups in total. The monoisotopic (exact) mass is 190 g/mol. The smallest absolute Gasteiger partial charge is 0.257 e. The molecule has 0 aliphatic rings. The summed E-state index contributed by atoms with van der Waals surface area (Å²) in [4.78, 5) is 14.1. The zero-order chi connectivity index (χ0) is 10.1. The molecule has 0 radical (unpaired) electrons. The van der Waals surface area contributed by atoms with Gasteiger partial charge in [-0.05, 0) is 11.2 Å². The largest absolute Gasteiger partial charge is 0.501 e. The summed E-state index contributed by atoms with van der Waals surface area (Å²) in [5.74, 6) is -1.17. The zero-order valence-corrected chi connectivity index (χ0v) is 7.01. The van der Waals surface area contributed by atoms with Crippen molar-refractivity contribution in [1.29, 1.82) is 0 Å². The highest BCUT2D eigenvalue weighted by Crippen LogP contribution is 2.39. The van der Waals surface area contributed by atoms with Crippen LogP contribution in [0.3, 0.4) is 0 Å². The SMILES string of the molecule is O=Nc1c(O)c(O)nc2ccccc12. The molecule has 0 aliphatic heterocycles. The second-order valence-electron chi connectivity index (χ2n) is 2.74. The van der Waals surface area contributed by atoms with Crippen LogP contribution < -0.4 is 0 Å². The highest BCUT2D eigenvalue weighted by molar-refractivity contribution is 5.93. The van der Waals surface area contributed by atoms with Crippen molar-refractivity contribution in [2.45, 2.75) is 0 Å². The van der Waals surface area contributed by atoms with Crippen LogP contribution in [0.15, 0.2) is 29.4 Å². The van der Waals surface area contributed by atoms with E-state index in [9.17, 15) is 10.0 Å². The van der Waals surface area contributed by atoms with E-state index in [1.807, 2.05) is 0 Å². The van der Waals surface area contributed by atoms with Crippen LogP contribution in [0.2, 0.25) is 0 Å². The Bertz CT molecular complexity index is 511. The van der Waals surface area contributed by atoms with Crippen LogP contribution in [-0.2, 0) is 0 Å². The van der Waals surface area contributed by atoms with Crippen molar-refractivity contribution in [3.05, 3.63) is 29.2 Å². The highest BCUT2D eigenvalue weighted by atomic mass is 16.3. The molecule has 1 aromatic carbocycles. The van der Waals surface area contributed by atoms with Crippen LogP contribution in [0.1, 0.15) is 0 Å². The number of fused-ring (bicyclic) bond motifs is 1. The Hall–Kier alpha value is -2.17. The van der Waals surface area contributed by atoms with Gasteiger partial charge in [0.15, 0.2) is 5.69 Å². The van der Waals surface area contributed by atoms with Gasteiger partial charge in [-0.2, -0.15) is 0 Å². The second-order valence-corrected chi connectivity index (χ2v) is 2.74. The summed E-state index contributed by atoms with van der Waals surface area (Å²) in [6, 6.07) is 6.61. The van der Waals surface area contributed by atoms with Crippen LogP contribution >= 0.6 is 0 Å². The number of nitroso groups, excluding NO2 is 1. The lowest BCUT2D eigenvalue weighted by atomic mass is 10.2. The lowest BCUT2D eigenvalue weighted by molar-refractivity contribution is 0.392. The van der Waals surface area contributed by atoms with Gasteiger partial charge < -0.3 is 10.2 Å². The molecule has 2 aromatic rings. The molecule has 0 atom stereocenters. The predicted molar refractivity (Wildman–Crippen MR) is 50.5 cm³/mol. The van der Waals surface area contributed by atoms with Crippen molar-refractivity contribution >= 4 is 16.6 Å². The maximum Gasteiger partial charge on any atom is 0.257 e. The molecule has 14 heavy (non-hydrogen) atoms. The van der Waals surface area contributed by atoms with Crippen LogP contribution in [-0.4, -0.2) is 15.2 Å². The first kappa shape index (κ1) is 8.43. The van der Waals surface area contributed by atoms with Crippen molar-refractivity contribution in [3.8, 4) is 11.6 Å². The van der Waals surface area contributed by atoms with Gasteiger partial charge in [0.2, 0.25) is 5.75 Å². The molecule has 0 aliphatic carbocycles. The Morgan fingerprint density at radius 2 is 1.93 bits per heavy atom. The Morgan fingerprint density at radius 1 is 1.21 bits per heavy atom. The van der Waals surface area contributed by atoms with Crippen molar-refractivity contribution in [1.82, 2.24) is 4.98 Å². The number of hydrogen-bond acceptors (Lipinski definition) is 5. The van der Waals surface area contributed by atoms with E-state index in [1.165, 1.54) is 0 Å². The van der Waals surface area contributed by atoms with E-state index in [4.69, 9.17) is 5.11 Å². The maximum atomic E-state index is 10.4. The third-order valence-electron chi connectivity index (χ3n) is 1.91. The van der Waals surface area contributed by atoms with Crippen molar-refractivity contribution < 1.29 is 10.2 Å². The molecule has 0 bridgehead atoms. The fraction of sp³-hybridized carbons (Fsp3) is 0. The molecular weight excluding hydrogens is 184 g/mol. The minimum Gasteiger partial charge on any atom is -0.501 e. The van der Waals surface area contributed by atoms with E-state index in [2.05, 4.69) is 10.2 Å². The fourth-order valence-corrected chi connectivity index (χ4v) is 1.26. The third kappa shape index (κ3) is 1.06. The first-order valence-corrected chi connectivity index (χ1v) is 3.88. The molecule has 1 aromatic heterocycles. The number of hydrogen-bond donors (Lipinski definition) is 2. The normalized spacial score (nSPS) is 10.3. The summed E-state index contributed by atoms with van der Waals surface area (Å²) >= 11 is 0. The van der Waals surface area contributed by atoms with E-state index in [0.717, 1.165) is 0 Å². The summed E-state index contributed by atoms with van der Waals surface area (Å²) in [6.07, 6.45) is 0. The fourth-order valence-electron chi connectivity index (χ4n) is 1.26. The van der Waals surface area contributed by atoms with Gasteiger partial charge in [-0.25, -0.2) is 4.98 Å². The summed E-state index contributed by atoms with van der Waals surface area (Å²) in [5, 5.41) is 21.5. The van der Waals surface area contributed by atoms with E-state index in [1.54, 1.807) is 24.3 Å². The molecule has 0 saturated carbocycles. The number of aromatic hydroxyl groups is 2. The first-order chi connectivity index (χ1) is 6.74. The van der Waals surface area contributed by atoms with E-state index in [0.29, 0.717) is 10.9 Å². The van der Waals surface area contributed by atoms with Crippen LogP contribution in [0.4, 0.5) is 5.69 Å². The van der Waals surface area contributed by atoms with Gasteiger partial charge in [-0.15, -0.1) is 4.91 Å². The van der Waals surface area contributed by atoms with Crippen molar-refractivity contribution in [2.75, 3.05) is 0 Å². The molecule has 70 valence electrons. The number of para-hydroxylation sites is 1. The van der Waals surface area contributed by atoms with Gasteiger partial charge in [0, 0.05) is 5.39 Å². The van der Waals surface area contributed by atoms with Gasteiger partial charge in [0.1, 0.15) is 0 Å². The van der Waals surface area contributed by atoms with Gasteiger partial charge in [-0.1, -0.05) is 18.2 Å². The average molecular weight is 190 g/mol. The predicted octanol–water partition coefficient (Wildman–Crippen LogP) is 2.04. The standard InChI is InChI=1S/C9H6N2O3/c12-8-7(11-14)5-3-1-2-4-6(5)10-9(8)13/h1-4,12H,(H,10,13). The Balaban J connectivity index is 2.96.